The average Bonchev–Trinajstić information content (AvgIpc) is 2.81. The predicted molar refractivity (Wildman–Crippen MR) is 82.6 cm³/mol. The molecule has 0 atom stereocenters. The van der Waals surface area contributed by atoms with Crippen molar-refractivity contribution in [2.45, 2.75) is 25.7 Å². The Hall–Kier alpha value is -1.31. The number of halogens is 6. The van der Waals surface area contributed by atoms with Gasteiger partial charge < -0.3 is 9.88 Å². The summed E-state index contributed by atoms with van der Waals surface area (Å²) in [5.74, 6) is -1.30. The third kappa shape index (κ3) is 4.16. The fraction of sp³-hybridized carbons (Fsp3) is 0.357. The van der Waals surface area contributed by atoms with E-state index in [-0.39, 0.29) is 31.4 Å². The molecule has 0 spiro atoms. The summed E-state index contributed by atoms with van der Waals surface area (Å²) in [4.78, 5) is 3.76. The van der Waals surface area contributed by atoms with Crippen LogP contribution in [0.15, 0.2) is 24.3 Å². The molecule has 0 fully saturated rings. The van der Waals surface area contributed by atoms with Gasteiger partial charge in [0, 0.05) is 26.1 Å². The summed E-state index contributed by atoms with van der Waals surface area (Å²) in [5, 5.41) is 3.05. The molecular formula is C14H15Cl2F4N3. The second kappa shape index (κ2) is 7.51. The van der Waals surface area contributed by atoms with E-state index in [9.17, 15) is 17.6 Å². The van der Waals surface area contributed by atoms with Crippen molar-refractivity contribution in [3.8, 4) is 0 Å². The van der Waals surface area contributed by atoms with E-state index in [0.717, 1.165) is 0 Å². The molecule has 128 valence electrons. The molecule has 1 aromatic carbocycles. The van der Waals surface area contributed by atoms with Crippen LogP contribution in [0.1, 0.15) is 22.8 Å². The van der Waals surface area contributed by atoms with Crippen molar-refractivity contribution in [3.63, 3.8) is 0 Å². The number of nitrogens with zero attached hydrogens (tertiary/aromatic N) is 2. The predicted octanol–water partition coefficient (Wildman–Crippen LogP) is 3.58. The lowest BCUT2D eigenvalue weighted by atomic mass is 10.1. The highest BCUT2D eigenvalue weighted by molar-refractivity contribution is 5.85. The van der Waals surface area contributed by atoms with Crippen molar-refractivity contribution in [1.29, 1.82) is 0 Å². The van der Waals surface area contributed by atoms with Crippen molar-refractivity contribution in [1.82, 2.24) is 14.9 Å². The van der Waals surface area contributed by atoms with Crippen LogP contribution in [0.5, 0.6) is 0 Å². The minimum Gasteiger partial charge on any atom is -0.319 e. The van der Waals surface area contributed by atoms with Crippen LogP contribution < -0.4 is 5.32 Å². The summed E-state index contributed by atoms with van der Waals surface area (Å²) >= 11 is 0. The van der Waals surface area contributed by atoms with E-state index in [4.69, 9.17) is 0 Å². The van der Waals surface area contributed by atoms with Gasteiger partial charge in [0.2, 0.25) is 5.82 Å². The second-order valence-electron chi connectivity index (χ2n) is 4.97. The Bertz CT molecular complexity index is 653. The molecule has 1 N–H and O–H groups in total. The first kappa shape index (κ1) is 19.7. The first-order valence-corrected chi connectivity index (χ1v) is 6.56. The van der Waals surface area contributed by atoms with Crippen LogP contribution in [0.4, 0.5) is 17.6 Å². The first-order chi connectivity index (χ1) is 9.95. The summed E-state index contributed by atoms with van der Waals surface area (Å²) in [6.45, 7) is 1.01. The summed E-state index contributed by atoms with van der Waals surface area (Å²) in [6, 6.07) is 5.45. The van der Waals surface area contributed by atoms with Gasteiger partial charge in [-0.25, -0.2) is 9.37 Å². The van der Waals surface area contributed by atoms with Crippen molar-refractivity contribution in [3.05, 3.63) is 52.9 Å². The van der Waals surface area contributed by atoms with Gasteiger partial charge in [-0.2, -0.15) is 13.2 Å². The zero-order valence-electron chi connectivity index (χ0n) is 11.9. The zero-order valence-corrected chi connectivity index (χ0v) is 13.5. The van der Waals surface area contributed by atoms with Crippen LogP contribution in [-0.2, 0) is 25.7 Å². The number of fused-ring (bicyclic) bond motifs is 1. The van der Waals surface area contributed by atoms with E-state index >= 15 is 0 Å². The molecule has 3 nitrogen and oxygen atoms in total. The molecule has 1 aliphatic rings. The number of hydrogen-bond donors (Lipinski definition) is 1. The Morgan fingerprint density at radius 3 is 2.39 bits per heavy atom. The van der Waals surface area contributed by atoms with Gasteiger partial charge >= 0.3 is 6.18 Å². The van der Waals surface area contributed by atoms with E-state index < -0.39 is 17.8 Å². The minimum atomic E-state index is -4.50. The van der Waals surface area contributed by atoms with Crippen LogP contribution >= 0.6 is 24.8 Å². The van der Waals surface area contributed by atoms with Gasteiger partial charge in [0.15, 0.2) is 0 Å². The maximum absolute atomic E-state index is 13.1. The van der Waals surface area contributed by atoms with E-state index in [1.165, 1.54) is 28.8 Å². The Morgan fingerprint density at radius 2 is 1.78 bits per heavy atom. The average molecular weight is 372 g/mol. The number of hydrogen-bond acceptors (Lipinski definition) is 2. The van der Waals surface area contributed by atoms with Crippen LogP contribution in [0, 0.1) is 5.82 Å². The maximum atomic E-state index is 13.1. The third-order valence-electron chi connectivity index (χ3n) is 3.49. The molecule has 3 rings (SSSR count). The van der Waals surface area contributed by atoms with Gasteiger partial charge in [-0.05, 0) is 17.7 Å². The monoisotopic (exact) mass is 371 g/mol. The topological polar surface area (TPSA) is 29.9 Å². The quantitative estimate of drug-likeness (QED) is 0.817. The van der Waals surface area contributed by atoms with E-state index in [2.05, 4.69) is 10.3 Å². The Labute approximate surface area is 142 Å². The largest absolute Gasteiger partial charge is 0.449 e. The lowest BCUT2D eigenvalue weighted by Crippen LogP contribution is -2.26. The Kier molecular flexibility index (Phi) is 6.44. The number of nitrogens with one attached hydrogen (secondary N) is 1. The highest BCUT2D eigenvalue weighted by atomic mass is 35.5. The minimum absolute atomic E-state index is 0. The fourth-order valence-electron chi connectivity index (χ4n) is 2.51. The molecule has 0 saturated carbocycles. The SMILES string of the molecule is Cl.Cl.Fc1ccc(Cn2c(C(F)(F)F)nc3c2CNCC3)cc1. The van der Waals surface area contributed by atoms with Gasteiger partial charge in [0.1, 0.15) is 5.82 Å². The number of rotatable bonds is 2. The molecule has 2 heterocycles. The highest BCUT2D eigenvalue weighted by Gasteiger charge is 2.39. The molecular weight excluding hydrogens is 357 g/mol. The molecule has 0 radical (unpaired) electrons. The standard InChI is InChI=1S/C14H13F4N3.2ClH/c15-10-3-1-9(2-4-10)8-21-12-7-19-6-5-11(12)20-13(21)14(16,17)18;;/h1-4,19H,5-8H2;2*1H. The highest BCUT2D eigenvalue weighted by Crippen LogP contribution is 2.31. The number of benzene rings is 1. The van der Waals surface area contributed by atoms with Crippen molar-refractivity contribution >= 4 is 24.8 Å². The Morgan fingerprint density at radius 1 is 1.13 bits per heavy atom. The number of alkyl halides is 3. The van der Waals surface area contributed by atoms with Crippen LogP contribution in [0.3, 0.4) is 0 Å². The maximum Gasteiger partial charge on any atom is 0.449 e. The fourth-order valence-corrected chi connectivity index (χ4v) is 2.51. The molecule has 0 bridgehead atoms. The summed E-state index contributed by atoms with van der Waals surface area (Å²) in [5.41, 5.74) is 1.65. The molecule has 23 heavy (non-hydrogen) atoms. The van der Waals surface area contributed by atoms with Gasteiger partial charge in [0.05, 0.1) is 11.4 Å². The Balaban J connectivity index is 0.00000132. The van der Waals surface area contributed by atoms with E-state index in [1.54, 1.807) is 0 Å². The summed E-state index contributed by atoms with van der Waals surface area (Å²) < 4.78 is 53.5. The molecule has 2 aromatic rings. The van der Waals surface area contributed by atoms with Crippen molar-refractivity contribution in [2.75, 3.05) is 6.54 Å². The number of imidazole rings is 1. The van der Waals surface area contributed by atoms with Crippen LogP contribution in [-0.4, -0.2) is 16.1 Å². The molecule has 0 aliphatic carbocycles. The summed E-state index contributed by atoms with van der Waals surface area (Å²) in [6.07, 6.45) is -4.02. The van der Waals surface area contributed by atoms with Gasteiger partial charge in [0.25, 0.3) is 0 Å². The van der Waals surface area contributed by atoms with E-state index in [0.29, 0.717) is 36.5 Å². The molecule has 0 amide bonds. The molecule has 0 saturated heterocycles. The molecule has 1 aliphatic heterocycles. The van der Waals surface area contributed by atoms with Gasteiger partial charge in [-0.1, -0.05) is 12.1 Å². The second-order valence-corrected chi connectivity index (χ2v) is 4.97. The first-order valence-electron chi connectivity index (χ1n) is 6.56. The lowest BCUT2D eigenvalue weighted by molar-refractivity contribution is -0.147. The molecule has 9 heteroatoms. The van der Waals surface area contributed by atoms with Crippen molar-refractivity contribution < 1.29 is 17.6 Å². The smallest absolute Gasteiger partial charge is 0.319 e. The number of aromatic nitrogens is 2. The normalized spacial score (nSPS) is 13.7. The third-order valence-corrected chi connectivity index (χ3v) is 3.49. The van der Waals surface area contributed by atoms with Crippen molar-refractivity contribution in [2.24, 2.45) is 0 Å². The summed E-state index contributed by atoms with van der Waals surface area (Å²) in [7, 11) is 0. The lowest BCUT2D eigenvalue weighted by Gasteiger charge is -2.17. The molecule has 0 unspecified atom stereocenters. The van der Waals surface area contributed by atoms with Gasteiger partial charge in [-0.3, -0.25) is 0 Å². The van der Waals surface area contributed by atoms with Crippen LogP contribution in [0.25, 0.3) is 0 Å². The molecule has 1 aromatic heterocycles. The van der Waals surface area contributed by atoms with Gasteiger partial charge in [-0.15, -0.1) is 24.8 Å². The van der Waals surface area contributed by atoms with E-state index in [1.807, 2.05) is 0 Å². The van der Waals surface area contributed by atoms with Crippen LogP contribution in [0.2, 0.25) is 0 Å². The zero-order chi connectivity index (χ0) is 15.0.